The van der Waals surface area contributed by atoms with Gasteiger partial charge in [0.2, 0.25) is 11.8 Å². The number of anilines is 2. The number of fused-ring (bicyclic) bond motifs is 1. The number of para-hydroxylation sites is 1. The van der Waals surface area contributed by atoms with E-state index in [0.717, 1.165) is 17.7 Å². The van der Waals surface area contributed by atoms with E-state index in [1.54, 1.807) is 36.1 Å². The number of amides is 3. The molecule has 1 saturated heterocycles. The zero-order chi connectivity index (χ0) is 21.3. The van der Waals surface area contributed by atoms with Crippen LogP contribution in [0.25, 0.3) is 0 Å². The van der Waals surface area contributed by atoms with Gasteiger partial charge in [-0.05, 0) is 49.6 Å². The highest BCUT2D eigenvalue weighted by Gasteiger charge is 2.41. The van der Waals surface area contributed by atoms with Crippen LogP contribution in [0.1, 0.15) is 18.4 Å². The van der Waals surface area contributed by atoms with Gasteiger partial charge in [0, 0.05) is 23.7 Å². The molecule has 8 heteroatoms. The molecule has 156 valence electrons. The van der Waals surface area contributed by atoms with Crippen LogP contribution in [-0.2, 0) is 14.4 Å². The van der Waals surface area contributed by atoms with E-state index >= 15 is 0 Å². The highest BCUT2D eigenvalue weighted by molar-refractivity contribution is 8.01. The predicted molar refractivity (Wildman–Crippen MR) is 114 cm³/mol. The van der Waals surface area contributed by atoms with Gasteiger partial charge in [-0.1, -0.05) is 18.2 Å². The van der Waals surface area contributed by atoms with Crippen molar-refractivity contribution in [2.45, 2.75) is 29.9 Å². The molecule has 0 saturated carbocycles. The molecule has 3 amide bonds. The molecule has 2 aliphatic heterocycles. The minimum absolute atomic E-state index is 0.206. The second kappa shape index (κ2) is 8.47. The molecule has 2 aliphatic rings. The van der Waals surface area contributed by atoms with Crippen molar-refractivity contribution < 1.29 is 18.8 Å². The summed E-state index contributed by atoms with van der Waals surface area (Å²) in [6.45, 7) is 2.70. The lowest BCUT2D eigenvalue weighted by molar-refractivity contribution is -0.134. The zero-order valence-electron chi connectivity index (χ0n) is 16.6. The average molecular weight is 428 g/mol. The van der Waals surface area contributed by atoms with E-state index in [1.807, 2.05) is 12.1 Å². The van der Waals surface area contributed by atoms with Gasteiger partial charge in [-0.25, -0.2) is 4.39 Å². The molecule has 0 aliphatic carbocycles. The topological polar surface area (TPSA) is 69.7 Å². The molecule has 0 aromatic heterocycles. The van der Waals surface area contributed by atoms with Gasteiger partial charge in [-0.15, -0.1) is 11.8 Å². The summed E-state index contributed by atoms with van der Waals surface area (Å²) in [6, 6.07) is 11.7. The lowest BCUT2D eigenvalue weighted by atomic mass is 10.2. The summed E-state index contributed by atoms with van der Waals surface area (Å²) in [4.78, 5) is 42.6. The third-order valence-corrected chi connectivity index (χ3v) is 6.53. The van der Waals surface area contributed by atoms with Crippen LogP contribution >= 0.6 is 11.8 Å². The van der Waals surface area contributed by atoms with Crippen LogP contribution < -0.4 is 10.2 Å². The molecule has 0 spiro atoms. The normalized spacial score (nSPS) is 18.3. The molecule has 6 nitrogen and oxygen atoms in total. The zero-order valence-corrected chi connectivity index (χ0v) is 17.4. The Morgan fingerprint density at radius 2 is 1.90 bits per heavy atom. The highest BCUT2D eigenvalue weighted by Crippen LogP contribution is 2.40. The molecule has 30 heavy (non-hydrogen) atoms. The van der Waals surface area contributed by atoms with Gasteiger partial charge >= 0.3 is 0 Å². The summed E-state index contributed by atoms with van der Waals surface area (Å²) in [7, 11) is 0. The standard InChI is InChI=1S/C22H22FN3O3S/c1-14-8-9-15(12-16(14)23)24-19(27)13-26-17-6-2-3-7-18(17)30-20(22(26)29)21(28)25-10-4-5-11-25/h2-3,6-9,12,20H,4-5,10-11,13H2,1H3,(H,24,27)/t20-/m0/s1. The molecule has 0 bridgehead atoms. The number of halogens is 1. The first-order valence-electron chi connectivity index (χ1n) is 9.86. The predicted octanol–water partition coefficient (Wildman–Crippen LogP) is 3.20. The van der Waals surface area contributed by atoms with Crippen molar-refractivity contribution in [1.82, 2.24) is 4.90 Å². The maximum absolute atomic E-state index is 13.8. The quantitative estimate of drug-likeness (QED) is 0.761. The van der Waals surface area contributed by atoms with Crippen molar-refractivity contribution in [3.05, 3.63) is 53.8 Å². The van der Waals surface area contributed by atoms with Gasteiger partial charge < -0.3 is 15.1 Å². The van der Waals surface area contributed by atoms with Crippen molar-refractivity contribution in [1.29, 1.82) is 0 Å². The molecule has 4 rings (SSSR count). The molecule has 2 aromatic rings. The first kappa shape index (κ1) is 20.4. The molecule has 0 radical (unpaired) electrons. The van der Waals surface area contributed by atoms with Crippen LogP contribution in [-0.4, -0.2) is 47.5 Å². The molecular weight excluding hydrogens is 405 g/mol. The van der Waals surface area contributed by atoms with E-state index in [9.17, 15) is 18.8 Å². The van der Waals surface area contributed by atoms with Crippen molar-refractivity contribution in [2.24, 2.45) is 0 Å². The third kappa shape index (κ3) is 4.05. The van der Waals surface area contributed by atoms with Gasteiger partial charge in [0.05, 0.1) is 5.69 Å². The van der Waals surface area contributed by atoms with E-state index in [-0.39, 0.29) is 12.5 Å². The van der Waals surface area contributed by atoms with E-state index < -0.39 is 22.9 Å². The molecule has 1 fully saturated rings. The number of nitrogens with zero attached hydrogens (tertiary/aromatic N) is 2. The van der Waals surface area contributed by atoms with Crippen molar-refractivity contribution >= 4 is 40.9 Å². The van der Waals surface area contributed by atoms with Crippen molar-refractivity contribution in [3.8, 4) is 0 Å². The Morgan fingerprint density at radius 1 is 1.17 bits per heavy atom. The first-order valence-corrected chi connectivity index (χ1v) is 10.7. The number of carbonyl (C=O) groups excluding carboxylic acids is 3. The Balaban J connectivity index is 1.55. The molecule has 2 aromatic carbocycles. The monoisotopic (exact) mass is 427 g/mol. The van der Waals surface area contributed by atoms with Crippen molar-refractivity contribution in [2.75, 3.05) is 29.9 Å². The second-order valence-corrected chi connectivity index (χ2v) is 8.58. The Bertz CT molecular complexity index is 1010. The number of likely N-dealkylation sites (tertiary alicyclic amines) is 1. The lowest BCUT2D eigenvalue weighted by Crippen LogP contribution is -2.51. The Morgan fingerprint density at radius 3 is 2.63 bits per heavy atom. The fraction of sp³-hybridized carbons (Fsp3) is 0.318. The number of hydrogen-bond acceptors (Lipinski definition) is 4. The summed E-state index contributed by atoms with van der Waals surface area (Å²) >= 11 is 1.23. The fourth-order valence-corrected chi connectivity index (χ4v) is 4.84. The molecule has 2 heterocycles. The Labute approximate surface area is 178 Å². The van der Waals surface area contributed by atoms with E-state index in [0.29, 0.717) is 30.0 Å². The highest BCUT2D eigenvalue weighted by atomic mass is 32.2. The summed E-state index contributed by atoms with van der Waals surface area (Å²) in [5, 5.41) is 1.73. The summed E-state index contributed by atoms with van der Waals surface area (Å²) in [5.74, 6) is -1.48. The number of aryl methyl sites for hydroxylation is 1. The molecule has 1 atom stereocenters. The first-order chi connectivity index (χ1) is 14.4. The number of thioether (sulfide) groups is 1. The number of hydrogen-bond donors (Lipinski definition) is 1. The summed E-state index contributed by atoms with van der Waals surface area (Å²) < 4.78 is 13.8. The number of nitrogens with one attached hydrogen (secondary N) is 1. The maximum atomic E-state index is 13.8. The van der Waals surface area contributed by atoms with E-state index in [4.69, 9.17) is 0 Å². The number of carbonyl (C=O) groups is 3. The van der Waals surface area contributed by atoms with Crippen LogP contribution in [0.4, 0.5) is 15.8 Å². The Hall–Kier alpha value is -2.87. The SMILES string of the molecule is Cc1ccc(NC(=O)CN2C(=O)[C@H](C(=O)N3CCCC3)Sc3ccccc32)cc1F. The fourth-order valence-electron chi connectivity index (χ4n) is 3.65. The van der Waals surface area contributed by atoms with Gasteiger partial charge in [-0.2, -0.15) is 0 Å². The van der Waals surface area contributed by atoms with Crippen LogP contribution in [0.2, 0.25) is 0 Å². The largest absolute Gasteiger partial charge is 0.341 e. The van der Waals surface area contributed by atoms with E-state index in [1.165, 1.54) is 22.7 Å². The smallest absolute Gasteiger partial charge is 0.250 e. The maximum Gasteiger partial charge on any atom is 0.250 e. The molecule has 1 N–H and O–H groups in total. The summed E-state index contributed by atoms with van der Waals surface area (Å²) in [6.07, 6.45) is 1.88. The number of benzene rings is 2. The minimum atomic E-state index is -0.900. The second-order valence-electron chi connectivity index (χ2n) is 7.43. The average Bonchev–Trinajstić information content (AvgIpc) is 3.27. The lowest BCUT2D eigenvalue weighted by Gasteiger charge is -2.34. The van der Waals surface area contributed by atoms with Gasteiger partial charge in [-0.3, -0.25) is 14.4 Å². The molecular formula is C22H22FN3O3S. The van der Waals surface area contributed by atoms with Gasteiger partial charge in [0.1, 0.15) is 12.4 Å². The van der Waals surface area contributed by atoms with E-state index in [2.05, 4.69) is 5.32 Å². The van der Waals surface area contributed by atoms with Crippen molar-refractivity contribution in [3.63, 3.8) is 0 Å². The van der Waals surface area contributed by atoms with Gasteiger partial charge in [0.25, 0.3) is 5.91 Å². The van der Waals surface area contributed by atoms with Crippen LogP contribution in [0.5, 0.6) is 0 Å². The summed E-state index contributed by atoms with van der Waals surface area (Å²) in [5.41, 5.74) is 1.40. The molecule has 0 unspecified atom stereocenters. The van der Waals surface area contributed by atoms with Gasteiger partial charge in [0.15, 0.2) is 5.25 Å². The van der Waals surface area contributed by atoms with Crippen LogP contribution in [0.3, 0.4) is 0 Å². The Kier molecular flexibility index (Phi) is 5.76. The number of rotatable bonds is 4. The minimum Gasteiger partial charge on any atom is -0.341 e. The van der Waals surface area contributed by atoms with Crippen LogP contribution in [0.15, 0.2) is 47.4 Å². The van der Waals surface area contributed by atoms with Crippen LogP contribution in [0, 0.1) is 12.7 Å². The third-order valence-electron chi connectivity index (χ3n) is 5.29.